The Morgan fingerprint density at radius 2 is 1.83 bits per heavy atom. The predicted molar refractivity (Wildman–Crippen MR) is 83.9 cm³/mol. The number of likely N-dealkylation sites (N-methyl/N-ethyl adjacent to an activating group) is 1. The summed E-state index contributed by atoms with van der Waals surface area (Å²) in [5, 5.41) is 13.5. The number of ether oxygens (including phenoxy) is 2. The maximum absolute atomic E-state index is 11.1. The Hall–Kier alpha value is -3.09. The number of rotatable bonds is 6. The molecule has 0 aliphatic carbocycles. The summed E-state index contributed by atoms with van der Waals surface area (Å²) in [5.41, 5.74) is 0.687. The van der Waals surface area contributed by atoms with E-state index >= 15 is 0 Å². The highest BCUT2D eigenvalue weighted by Crippen LogP contribution is 2.32. The highest BCUT2D eigenvalue weighted by atomic mass is 16.6. The Morgan fingerprint density at radius 3 is 2.43 bits per heavy atom. The molecule has 0 aliphatic rings. The van der Waals surface area contributed by atoms with Crippen LogP contribution in [0.4, 0.5) is 5.69 Å². The SMILES string of the molecule is CNC(=O)COc1ccc(Oc2ccc(C)cc2[N+](=O)[O-])cc1. The Labute approximate surface area is 133 Å². The van der Waals surface area contributed by atoms with E-state index in [4.69, 9.17) is 9.47 Å². The highest BCUT2D eigenvalue weighted by Gasteiger charge is 2.15. The van der Waals surface area contributed by atoms with Gasteiger partial charge in [0.05, 0.1) is 4.92 Å². The maximum atomic E-state index is 11.1. The van der Waals surface area contributed by atoms with Gasteiger partial charge >= 0.3 is 5.69 Å². The number of nitro benzene ring substituents is 1. The zero-order chi connectivity index (χ0) is 16.8. The molecule has 2 aromatic rings. The molecule has 0 fully saturated rings. The lowest BCUT2D eigenvalue weighted by Crippen LogP contribution is -2.24. The van der Waals surface area contributed by atoms with E-state index in [1.165, 1.54) is 13.1 Å². The molecular weight excluding hydrogens is 300 g/mol. The van der Waals surface area contributed by atoms with Gasteiger partial charge in [-0.1, -0.05) is 6.07 Å². The van der Waals surface area contributed by atoms with Crippen molar-refractivity contribution in [1.82, 2.24) is 5.32 Å². The largest absolute Gasteiger partial charge is 0.484 e. The third-order valence-electron chi connectivity index (χ3n) is 3.01. The van der Waals surface area contributed by atoms with Crippen molar-refractivity contribution >= 4 is 11.6 Å². The third kappa shape index (κ3) is 4.44. The van der Waals surface area contributed by atoms with E-state index < -0.39 is 4.92 Å². The number of carbonyl (C=O) groups excluding carboxylic acids is 1. The first kappa shape index (κ1) is 16.3. The lowest BCUT2D eigenvalue weighted by molar-refractivity contribution is -0.385. The molecule has 0 atom stereocenters. The number of nitro groups is 1. The van der Waals surface area contributed by atoms with Crippen LogP contribution in [0.1, 0.15) is 5.56 Å². The van der Waals surface area contributed by atoms with Crippen molar-refractivity contribution in [2.75, 3.05) is 13.7 Å². The fraction of sp³-hybridized carbons (Fsp3) is 0.188. The minimum absolute atomic E-state index is 0.0832. The quantitative estimate of drug-likeness (QED) is 0.653. The lowest BCUT2D eigenvalue weighted by Gasteiger charge is -2.08. The van der Waals surface area contributed by atoms with Gasteiger partial charge in [-0.3, -0.25) is 14.9 Å². The van der Waals surface area contributed by atoms with Gasteiger partial charge in [-0.2, -0.15) is 0 Å². The van der Waals surface area contributed by atoms with Crippen molar-refractivity contribution in [3.8, 4) is 17.2 Å². The van der Waals surface area contributed by atoms with Gasteiger partial charge in [-0.25, -0.2) is 0 Å². The maximum Gasteiger partial charge on any atom is 0.311 e. The van der Waals surface area contributed by atoms with Crippen LogP contribution in [0.15, 0.2) is 42.5 Å². The molecule has 1 N–H and O–H groups in total. The van der Waals surface area contributed by atoms with Crippen molar-refractivity contribution < 1.29 is 19.2 Å². The van der Waals surface area contributed by atoms with E-state index in [9.17, 15) is 14.9 Å². The fourth-order valence-corrected chi connectivity index (χ4v) is 1.81. The fourth-order valence-electron chi connectivity index (χ4n) is 1.81. The van der Waals surface area contributed by atoms with Crippen LogP contribution in [0.5, 0.6) is 17.2 Å². The first-order valence-electron chi connectivity index (χ1n) is 6.86. The summed E-state index contributed by atoms with van der Waals surface area (Å²) in [6.07, 6.45) is 0. The number of nitrogens with zero attached hydrogens (tertiary/aromatic N) is 1. The number of hydrogen-bond donors (Lipinski definition) is 1. The molecule has 2 rings (SSSR count). The minimum atomic E-state index is -0.483. The van der Waals surface area contributed by atoms with Gasteiger partial charge in [0.2, 0.25) is 5.75 Å². The van der Waals surface area contributed by atoms with Gasteiger partial charge in [0.15, 0.2) is 6.61 Å². The minimum Gasteiger partial charge on any atom is -0.484 e. The average molecular weight is 316 g/mol. The van der Waals surface area contributed by atoms with E-state index in [0.717, 1.165) is 5.56 Å². The topological polar surface area (TPSA) is 90.7 Å². The molecule has 7 nitrogen and oxygen atoms in total. The van der Waals surface area contributed by atoms with Gasteiger partial charge < -0.3 is 14.8 Å². The van der Waals surface area contributed by atoms with Crippen molar-refractivity contribution in [3.05, 3.63) is 58.1 Å². The second-order valence-corrected chi connectivity index (χ2v) is 4.76. The van der Waals surface area contributed by atoms with Crippen molar-refractivity contribution in [2.24, 2.45) is 0 Å². The average Bonchev–Trinajstić information content (AvgIpc) is 2.55. The summed E-state index contributed by atoms with van der Waals surface area (Å²) in [7, 11) is 1.52. The number of benzene rings is 2. The van der Waals surface area contributed by atoms with E-state index in [2.05, 4.69) is 5.32 Å². The Bertz CT molecular complexity index is 713. The van der Waals surface area contributed by atoms with Gasteiger partial charge in [0, 0.05) is 13.1 Å². The molecule has 120 valence electrons. The van der Waals surface area contributed by atoms with E-state index in [0.29, 0.717) is 11.5 Å². The standard InChI is InChI=1S/C16H16N2O5/c1-11-3-8-15(14(9-11)18(20)21)23-13-6-4-12(5-7-13)22-10-16(19)17-2/h3-9H,10H2,1-2H3,(H,17,19). The number of aryl methyl sites for hydroxylation is 1. The Morgan fingerprint density at radius 1 is 1.17 bits per heavy atom. The molecule has 23 heavy (non-hydrogen) atoms. The summed E-state index contributed by atoms with van der Waals surface area (Å²) < 4.78 is 10.8. The van der Waals surface area contributed by atoms with Crippen molar-refractivity contribution in [1.29, 1.82) is 0 Å². The van der Waals surface area contributed by atoms with Crippen LogP contribution in [0.2, 0.25) is 0 Å². The molecule has 0 heterocycles. The number of carbonyl (C=O) groups is 1. The van der Waals surface area contributed by atoms with E-state index in [1.807, 2.05) is 0 Å². The monoisotopic (exact) mass is 316 g/mol. The second kappa shape index (κ2) is 7.26. The molecule has 0 unspecified atom stereocenters. The Balaban J connectivity index is 2.09. The van der Waals surface area contributed by atoms with Gasteiger partial charge in [0.1, 0.15) is 11.5 Å². The molecule has 0 saturated carbocycles. The first-order chi connectivity index (χ1) is 11.0. The van der Waals surface area contributed by atoms with Crippen LogP contribution in [-0.2, 0) is 4.79 Å². The molecular formula is C16H16N2O5. The molecule has 0 spiro atoms. The molecule has 1 amide bonds. The lowest BCUT2D eigenvalue weighted by atomic mass is 10.2. The van der Waals surface area contributed by atoms with Gasteiger partial charge in [0.25, 0.3) is 5.91 Å². The number of amides is 1. The molecule has 0 bridgehead atoms. The van der Waals surface area contributed by atoms with Crippen LogP contribution in [0.25, 0.3) is 0 Å². The summed E-state index contributed by atoms with van der Waals surface area (Å²) in [4.78, 5) is 21.7. The zero-order valence-corrected chi connectivity index (χ0v) is 12.7. The predicted octanol–water partition coefficient (Wildman–Crippen LogP) is 2.82. The van der Waals surface area contributed by atoms with Crippen LogP contribution < -0.4 is 14.8 Å². The third-order valence-corrected chi connectivity index (χ3v) is 3.01. The van der Waals surface area contributed by atoms with Crippen LogP contribution in [0, 0.1) is 17.0 Å². The Kier molecular flexibility index (Phi) is 5.14. The molecule has 0 aliphatic heterocycles. The zero-order valence-electron chi connectivity index (χ0n) is 12.7. The summed E-state index contributed by atoms with van der Waals surface area (Å²) >= 11 is 0. The summed E-state index contributed by atoms with van der Waals surface area (Å²) in [6.45, 7) is 1.69. The molecule has 0 aromatic heterocycles. The van der Waals surface area contributed by atoms with E-state index in [1.54, 1.807) is 43.3 Å². The van der Waals surface area contributed by atoms with Gasteiger partial charge in [-0.15, -0.1) is 0 Å². The normalized spacial score (nSPS) is 10.0. The van der Waals surface area contributed by atoms with Crippen molar-refractivity contribution in [2.45, 2.75) is 6.92 Å². The van der Waals surface area contributed by atoms with Crippen LogP contribution >= 0.6 is 0 Å². The van der Waals surface area contributed by atoms with Gasteiger partial charge in [-0.05, 0) is 42.8 Å². The second-order valence-electron chi connectivity index (χ2n) is 4.76. The molecule has 7 heteroatoms. The molecule has 0 saturated heterocycles. The summed E-state index contributed by atoms with van der Waals surface area (Å²) in [6, 6.07) is 11.2. The van der Waals surface area contributed by atoms with Crippen LogP contribution in [-0.4, -0.2) is 24.5 Å². The smallest absolute Gasteiger partial charge is 0.311 e. The molecule has 2 aromatic carbocycles. The number of hydrogen-bond acceptors (Lipinski definition) is 5. The van der Waals surface area contributed by atoms with Crippen LogP contribution in [0.3, 0.4) is 0 Å². The summed E-state index contributed by atoms with van der Waals surface area (Å²) in [5.74, 6) is 0.865. The first-order valence-corrected chi connectivity index (χ1v) is 6.86. The number of nitrogens with one attached hydrogen (secondary N) is 1. The molecule has 0 radical (unpaired) electrons. The highest BCUT2D eigenvalue weighted by molar-refractivity contribution is 5.77. The van der Waals surface area contributed by atoms with Crippen molar-refractivity contribution in [3.63, 3.8) is 0 Å². The van der Waals surface area contributed by atoms with E-state index in [-0.39, 0.29) is 24.0 Å².